The number of hydrogen-bond donors (Lipinski definition) is 2. The Labute approximate surface area is 88.0 Å². The zero-order valence-corrected chi connectivity index (χ0v) is 8.91. The van der Waals surface area contributed by atoms with Gasteiger partial charge in [0.05, 0.1) is 12.2 Å². The maximum atomic E-state index is 11.8. The van der Waals surface area contributed by atoms with Crippen LogP contribution in [-0.2, 0) is 11.3 Å². The van der Waals surface area contributed by atoms with Crippen molar-refractivity contribution < 1.29 is 4.74 Å². The Balaban J connectivity index is 3.18. The van der Waals surface area contributed by atoms with Gasteiger partial charge < -0.3 is 15.0 Å². The second kappa shape index (κ2) is 4.75. The summed E-state index contributed by atoms with van der Waals surface area (Å²) in [4.78, 5) is 11.8. The number of nitrogen functional groups attached to an aromatic ring is 1. The van der Waals surface area contributed by atoms with Crippen molar-refractivity contribution in [3.8, 4) is 0 Å². The first kappa shape index (κ1) is 11.5. The molecule has 15 heavy (non-hydrogen) atoms. The van der Waals surface area contributed by atoms with Crippen LogP contribution >= 0.6 is 0 Å². The van der Waals surface area contributed by atoms with Crippen LogP contribution in [0.2, 0.25) is 0 Å². The number of ether oxygens (including phenoxy) is 1. The van der Waals surface area contributed by atoms with Crippen molar-refractivity contribution in [2.45, 2.75) is 13.5 Å². The Hall–Kier alpha value is -1.62. The van der Waals surface area contributed by atoms with Gasteiger partial charge in [-0.2, -0.15) is 0 Å². The molecule has 0 radical (unpaired) electrons. The molecule has 0 aliphatic rings. The van der Waals surface area contributed by atoms with Gasteiger partial charge in [-0.05, 0) is 19.1 Å². The van der Waals surface area contributed by atoms with Gasteiger partial charge in [0.1, 0.15) is 5.84 Å². The average molecular weight is 209 g/mol. The Morgan fingerprint density at radius 2 is 2.27 bits per heavy atom. The quantitative estimate of drug-likeness (QED) is 0.544. The molecule has 1 aromatic rings. The summed E-state index contributed by atoms with van der Waals surface area (Å²) in [6, 6.07) is 3.34. The summed E-state index contributed by atoms with van der Waals surface area (Å²) in [5, 5.41) is 7.25. The van der Waals surface area contributed by atoms with Crippen molar-refractivity contribution >= 4 is 5.84 Å². The van der Waals surface area contributed by atoms with Crippen LogP contribution in [0.5, 0.6) is 0 Å². The third-order valence-electron chi connectivity index (χ3n) is 2.20. The van der Waals surface area contributed by atoms with E-state index in [1.165, 1.54) is 0 Å². The predicted molar refractivity (Wildman–Crippen MR) is 58.3 cm³/mol. The summed E-state index contributed by atoms with van der Waals surface area (Å²) >= 11 is 0. The molecule has 5 heteroatoms. The normalized spacial score (nSPS) is 10.3. The van der Waals surface area contributed by atoms with Gasteiger partial charge in [-0.3, -0.25) is 10.2 Å². The van der Waals surface area contributed by atoms with E-state index in [4.69, 9.17) is 15.9 Å². The van der Waals surface area contributed by atoms with E-state index in [1.54, 1.807) is 23.8 Å². The zero-order chi connectivity index (χ0) is 11.4. The minimum absolute atomic E-state index is 0.203. The number of nitrogens with two attached hydrogens (primary N) is 1. The Bertz CT molecular complexity index is 423. The number of pyridine rings is 1. The lowest BCUT2D eigenvalue weighted by molar-refractivity contribution is 0.185. The molecular formula is C10H15N3O2. The fraction of sp³-hybridized carbons (Fsp3) is 0.400. The molecule has 3 N–H and O–H groups in total. The van der Waals surface area contributed by atoms with Gasteiger partial charge >= 0.3 is 0 Å². The van der Waals surface area contributed by atoms with Crippen LogP contribution < -0.4 is 11.3 Å². The summed E-state index contributed by atoms with van der Waals surface area (Å²) < 4.78 is 6.47. The minimum atomic E-state index is -0.237. The van der Waals surface area contributed by atoms with Crippen LogP contribution in [-0.4, -0.2) is 24.1 Å². The molecule has 0 aromatic carbocycles. The van der Waals surface area contributed by atoms with Crippen molar-refractivity contribution in [1.29, 1.82) is 5.41 Å². The second-order valence-electron chi connectivity index (χ2n) is 3.25. The number of nitrogens with one attached hydrogen (secondary N) is 1. The molecular weight excluding hydrogens is 194 g/mol. The van der Waals surface area contributed by atoms with Crippen molar-refractivity contribution in [1.82, 2.24) is 4.57 Å². The Morgan fingerprint density at radius 3 is 2.80 bits per heavy atom. The second-order valence-corrected chi connectivity index (χ2v) is 3.25. The van der Waals surface area contributed by atoms with Gasteiger partial charge in [0.25, 0.3) is 5.56 Å². The highest BCUT2D eigenvalue weighted by Gasteiger charge is 2.07. The molecule has 82 valence electrons. The lowest BCUT2D eigenvalue weighted by Crippen LogP contribution is -2.31. The maximum absolute atomic E-state index is 11.8. The summed E-state index contributed by atoms with van der Waals surface area (Å²) in [5.41, 5.74) is 6.13. The molecule has 0 fully saturated rings. The first-order valence-electron chi connectivity index (χ1n) is 4.61. The van der Waals surface area contributed by atoms with E-state index < -0.39 is 0 Å². The van der Waals surface area contributed by atoms with E-state index >= 15 is 0 Å². The summed E-state index contributed by atoms with van der Waals surface area (Å²) in [7, 11) is 1.58. The lowest BCUT2D eigenvalue weighted by Gasteiger charge is -2.10. The molecule has 0 bridgehead atoms. The summed E-state index contributed by atoms with van der Waals surface area (Å²) in [6.07, 6.45) is 0. The lowest BCUT2D eigenvalue weighted by atomic mass is 10.2. The highest BCUT2D eigenvalue weighted by molar-refractivity contribution is 5.94. The monoisotopic (exact) mass is 209 g/mol. The van der Waals surface area contributed by atoms with Crippen molar-refractivity contribution in [2.75, 3.05) is 13.7 Å². The zero-order valence-electron chi connectivity index (χ0n) is 8.91. The third kappa shape index (κ3) is 2.44. The Kier molecular flexibility index (Phi) is 3.62. The summed E-state index contributed by atoms with van der Waals surface area (Å²) in [5.74, 6) is -0.203. The first-order valence-corrected chi connectivity index (χ1v) is 4.61. The van der Waals surface area contributed by atoms with Gasteiger partial charge in [0.2, 0.25) is 0 Å². The molecule has 0 unspecified atom stereocenters. The summed E-state index contributed by atoms with van der Waals surface area (Å²) in [6.45, 7) is 2.77. The van der Waals surface area contributed by atoms with E-state index in [9.17, 15) is 4.79 Å². The van der Waals surface area contributed by atoms with Gasteiger partial charge in [0, 0.05) is 19.3 Å². The van der Waals surface area contributed by atoms with Crippen LogP contribution in [0.1, 0.15) is 11.3 Å². The van der Waals surface area contributed by atoms with Gasteiger partial charge in [-0.25, -0.2) is 0 Å². The van der Waals surface area contributed by atoms with Crippen molar-refractivity contribution in [3.63, 3.8) is 0 Å². The van der Waals surface area contributed by atoms with Crippen LogP contribution in [0.15, 0.2) is 16.9 Å². The van der Waals surface area contributed by atoms with E-state index in [1.807, 2.05) is 6.92 Å². The number of hydrogen-bond acceptors (Lipinski definition) is 3. The maximum Gasteiger partial charge on any atom is 0.261 e. The number of aryl methyl sites for hydroxylation is 1. The van der Waals surface area contributed by atoms with Gasteiger partial charge in [0.15, 0.2) is 0 Å². The molecule has 1 rings (SSSR count). The Morgan fingerprint density at radius 1 is 1.60 bits per heavy atom. The first-order chi connectivity index (χ1) is 7.07. The number of methoxy groups -OCH3 is 1. The minimum Gasteiger partial charge on any atom is -0.384 e. The molecule has 0 aliphatic heterocycles. The molecule has 0 saturated carbocycles. The average Bonchev–Trinajstić information content (AvgIpc) is 2.17. The van der Waals surface area contributed by atoms with E-state index in [0.29, 0.717) is 13.2 Å². The van der Waals surface area contributed by atoms with Crippen LogP contribution in [0.3, 0.4) is 0 Å². The van der Waals surface area contributed by atoms with Crippen LogP contribution in [0.4, 0.5) is 0 Å². The van der Waals surface area contributed by atoms with Gasteiger partial charge in [-0.15, -0.1) is 0 Å². The molecule has 0 aliphatic carbocycles. The molecule has 1 heterocycles. The fourth-order valence-electron chi connectivity index (χ4n) is 1.34. The highest BCUT2D eigenvalue weighted by Crippen LogP contribution is 1.98. The SMILES string of the molecule is COCCn1c(C)ccc(C(=N)N)c1=O. The van der Waals surface area contributed by atoms with Crippen molar-refractivity contribution in [2.24, 2.45) is 5.73 Å². The predicted octanol–water partition coefficient (Wildman–Crippen LogP) is 0.0872. The molecule has 0 saturated heterocycles. The third-order valence-corrected chi connectivity index (χ3v) is 2.20. The molecule has 0 spiro atoms. The number of amidine groups is 1. The molecule has 0 amide bonds. The fourth-order valence-corrected chi connectivity index (χ4v) is 1.34. The van der Waals surface area contributed by atoms with Gasteiger partial charge in [-0.1, -0.05) is 0 Å². The standard InChI is InChI=1S/C10H15N3O2/c1-7-3-4-8(9(11)12)10(14)13(7)5-6-15-2/h3-4H,5-6H2,1-2H3,(H3,11,12). The van der Waals surface area contributed by atoms with E-state index in [-0.39, 0.29) is 17.0 Å². The highest BCUT2D eigenvalue weighted by atomic mass is 16.5. The smallest absolute Gasteiger partial charge is 0.261 e. The topological polar surface area (TPSA) is 81.1 Å². The van der Waals surface area contributed by atoms with E-state index in [2.05, 4.69) is 0 Å². The molecule has 1 aromatic heterocycles. The number of aromatic nitrogens is 1. The molecule has 5 nitrogen and oxygen atoms in total. The van der Waals surface area contributed by atoms with E-state index in [0.717, 1.165) is 5.69 Å². The molecule has 0 atom stereocenters. The van der Waals surface area contributed by atoms with Crippen molar-refractivity contribution in [3.05, 3.63) is 33.7 Å². The number of rotatable bonds is 4. The van der Waals surface area contributed by atoms with Crippen LogP contribution in [0.25, 0.3) is 0 Å². The number of nitrogens with zero attached hydrogens (tertiary/aromatic N) is 1. The van der Waals surface area contributed by atoms with Crippen LogP contribution in [0, 0.1) is 12.3 Å². The largest absolute Gasteiger partial charge is 0.384 e.